The molecule has 1 N–H and O–H groups in total. The summed E-state index contributed by atoms with van der Waals surface area (Å²) >= 11 is 0. The van der Waals surface area contributed by atoms with Gasteiger partial charge in [0.05, 0.1) is 12.2 Å². The molecule has 1 aromatic heterocycles. The first-order chi connectivity index (χ1) is 12.9. The highest BCUT2D eigenvalue weighted by molar-refractivity contribution is 14.0. The number of hydrogen-bond donors (Lipinski definition) is 1. The summed E-state index contributed by atoms with van der Waals surface area (Å²) in [6, 6.07) is 0. The van der Waals surface area contributed by atoms with Gasteiger partial charge in [0.2, 0.25) is 0 Å². The Balaban J connectivity index is 0.00000784. The van der Waals surface area contributed by atoms with Crippen LogP contribution in [0.5, 0.6) is 0 Å². The van der Waals surface area contributed by atoms with Crippen molar-refractivity contribution in [3.63, 3.8) is 0 Å². The fourth-order valence-corrected chi connectivity index (χ4v) is 2.70. The number of guanidine groups is 1. The van der Waals surface area contributed by atoms with Gasteiger partial charge in [-0.15, -0.1) is 24.0 Å². The Morgan fingerprint density at radius 1 is 1.31 bits per heavy atom. The van der Waals surface area contributed by atoms with Crippen LogP contribution in [0, 0.1) is 0 Å². The lowest BCUT2D eigenvalue weighted by molar-refractivity contribution is 0.0304. The second-order valence-corrected chi connectivity index (χ2v) is 8.36. The van der Waals surface area contributed by atoms with E-state index in [9.17, 15) is 4.79 Å². The zero-order valence-electron chi connectivity index (χ0n) is 19.4. The molecule has 168 valence electrons. The molecule has 0 saturated heterocycles. The zero-order chi connectivity index (χ0) is 21.5. The average Bonchev–Trinajstić information content (AvgIpc) is 2.92. The third kappa shape index (κ3) is 9.68. The van der Waals surface area contributed by atoms with E-state index < -0.39 is 5.60 Å². The van der Waals surface area contributed by atoms with Crippen LogP contribution in [0.15, 0.2) is 11.2 Å². The smallest absolute Gasteiger partial charge is 0.410 e. The third-order valence-electron chi connectivity index (χ3n) is 3.99. The second kappa shape index (κ2) is 12.2. The van der Waals surface area contributed by atoms with Crippen LogP contribution < -0.4 is 5.32 Å². The van der Waals surface area contributed by atoms with Crippen LogP contribution in [0.2, 0.25) is 0 Å². The summed E-state index contributed by atoms with van der Waals surface area (Å²) in [5.41, 5.74) is 1.80. The van der Waals surface area contributed by atoms with Gasteiger partial charge in [-0.25, -0.2) is 4.79 Å². The number of nitrogens with one attached hydrogen (secondary N) is 1. The normalized spacial score (nSPS) is 11.9. The van der Waals surface area contributed by atoms with Crippen LogP contribution in [0.3, 0.4) is 0 Å². The minimum absolute atomic E-state index is 0. The zero-order valence-corrected chi connectivity index (χ0v) is 21.8. The summed E-state index contributed by atoms with van der Waals surface area (Å²) in [5, 5.41) is 7.89. The number of likely N-dealkylation sites (N-methyl/N-ethyl adjacent to an activating group) is 1. The van der Waals surface area contributed by atoms with Crippen LogP contribution >= 0.6 is 24.0 Å². The van der Waals surface area contributed by atoms with E-state index in [1.807, 2.05) is 46.5 Å². The molecule has 0 spiro atoms. The molecule has 9 heteroatoms. The van der Waals surface area contributed by atoms with Gasteiger partial charge in [-0.1, -0.05) is 13.8 Å². The summed E-state index contributed by atoms with van der Waals surface area (Å²) in [4.78, 5) is 20.4. The Morgan fingerprint density at radius 3 is 2.45 bits per heavy atom. The number of rotatable bonds is 7. The maximum absolute atomic E-state index is 12.1. The van der Waals surface area contributed by atoms with Crippen molar-refractivity contribution in [3.8, 4) is 0 Å². The minimum Gasteiger partial charge on any atom is -0.444 e. The molecule has 0 fully saturated rings. The molecule has 1 rings (SSSR count). The summed E-state index contributed by atoms with van der Waals surface area (Å²) in [6.45, 7) is 14.4. The molecule has 1 amide bonds. The quantitative estimate of drug-likeness (QED) is 0.338. The lowest BCUT2D eigenvalue weighted by Gasteiger charge is -2.25. The first-order valence-corrected chi connectivity index (χ1v) is 9.90. The number of ether oxygens (including phenoxy) is 1. The van der Waals surface area contributed by atoms with Crippen LogP contribution in [0.25, 0.3) is 0 Å². The van der Waals surface area contributed by atoms with Crippen molar-refractivity contribution in [2.75, 3.05) is 33.7 Å². The lowest BCUT2D eigenvalue weighted by Crippen LogP contribution is -2.40. The first kappa shape index (κ1) is 27.5. The Kier molecular flexibility index (Phi) is 11.6. The second-order valence-electron chi connectivity index (χ2n) is 8.36. The number of nitrogens with zero attached hydrogens (tertiary/aromatic N) is 5. The SMILES string of the molecule is CCNC(=NCCN(C)C(=O)OC(C)(C)C)N(C)Cc1cn(C)nc1C(C)C.I. The van der Waals surface area contributed by atoms with Crippen molar-refractivity contribution in [2.24, 2.45) is 12.0 Å². The topological polar surface area (TPSA) is 75.0 Å². The maximum Gasteiger partial charge on any atom is 0.410 e. The molecule has 0 bridgehead atoms. The molecule has 0 aromatic carbocycles. The predicted octanol–water partition coefficient (Wildman–Crippen LogP) is 3.43. The predicted molar refractivity (Wildman–Crippen MR) is 129 cm³/mol. The van der Waals surface area contributed by atoms with Crippen molar-refractivity contribution < 1.29 is 9.53 Å². The molecule has 8 nitrogen and oxygen atoms in total. The van der Waals surface area contributed by atoms with Gasteiger partial charge < -0.3 is 19.9 Å². The molecule has 0 radical (unpaired) electrons. The highest BCUT2D eigenvalue weighted by atomic mass is 127. The molecule has 1 aromatic rings. The summed E-state index contributed by atoms with van der Waals surface area (Å²) < 4.78 is 7.23. The average molecular weight is 522 g/mol. The number of hydrogen-bond acceptors (Lipinski definition) is 4. The molecule has 0 aliphatic rings. The largest absolute Gasteiger partial charge is 0.444 e. The highest BCUT2D eigenvalue weighted by Crippen LogP contribution is 2.18. The van der Waals surface area contributed by atoms with E-state index in [0.717, 1.165) is 24.7 Å². The third-order valence-corrected chi connectivity index (χ3v) is 3.99. The number of aryl methyl sites for hydroxylation is 1. The molecular formula is C20H39IN6O2. The van der Waals surface area contributed by atoms with Crippen molar-refractivity contribution >= 4 is 36.0 Å². The highest BCUT2D eigenvalue weighted by Gasteiger charge is 2.19. The van der Waals surface area contributed by atoms with Gasteiger partial charge in [-0.3, -0.25) is 9.67 Å². The van der Waals surface area contributed by atoms with E-state index in [0.29, 0.717) is 19.0 Å². The lowest BCUT2D eigenvalue weighted by atomic mass is 10.1. The fourth-order valence-electron chi connectivity index (χ4n) is 2.70. The monoisotopic (exact) mass is 522 g/mol. The number of halogens is 1. The number of aliphatic imine (C=N–C) groups is 1. The van der Waals surface area contributed by atoms with Gasteiger partial charge in [-0.2, -0.15) is 5.10 Å². The Labute approximate surface area is 193 Å². The molecular weight excluding hydrogens is 483 g/mol. The van der Waals surface area contributed by atoms with E-state index in [1.54, 1.807) is 11.9 Å². The van der Waals surface area contributed by atoms with Gasteiger partial charge in [0.25, 0.3) is 0 Å². The molecule has 1 heterocycles. The minimum atomic E-state index is -0.498. The fraction of sp³-hybridized carbons (Fsp3) is 0.750. The van der Waals surface area contributed by atoms with Crippen molar-refractivity contribution in [3.05, 3.63) is 17.5 Å². The van der Waals surface area contributed by atoms with Gasteiger partial charge in [-0.05, 0) is 33.6 Å². The van der Waals surface area contributed by atoms with Crippen molar-refractivity contribution in [2.45, 2.75) is 59.6 Å². The number of amides is 1. The molecule has 29 heavy (non-hydrogen) atoms. The van der Waals surface area contributed by atoms with Gasteiger partial charge >= 0.3 is 6.09 Å². The van der Waals surface area contributed by atoms with E-state index in [-0.39, 0.29) is 30.1 Å². The molecule has 0 atom stereocenters. The van der Waals surface area contributed by atoms with Crippen molar-refractivity contribution in [1.82, 2.24) is 24.9 Å². The van der Waals surface area contributed by atoms with E-state index in [4.69, 9.17) is 4.74 Å². The van der Waals surface area contributed by atoms with Crippen LogP contribution in [0.1, 0.15) is 58.7 Å². The molecule has 0 aliphatic heterocycles. The van der Waals surface area contributed by atoms with Gasteiger partial charge in [0, 0.05) is 52.5 Å². The number of carbonyl (C=O) groups is 1. The molecule has 0 saturated carbocycles. The van der Waals surface area contributed by atoms with E-state index in [2.05, 4.69) is 40.4 Å². The van der Waals surface area contributed by atoms with Gasteiger partial charge in [0.1, 0.15) is 5.60 Å². The summed E-state index contributed by atoms with van der Waals surface area (Å²) in [5.74, 6) is 1.17. The van der Waals surface area contributed by atoms with Crippen LogP contribution in [0.4, 0.5) is 4.79 Å². The van der Waals surface area contributed by atoms with Crippen molar-refractivity contribution in [1.29, 1.82) is 0 Å². The standard InChI is InChI=1S/C20H38N6O2.HI/c1-10-21-18(22-11-12-24(7)19(27)28-20(4,5)6)25(8)13-16-14-26(9)23-17(16)15(2)3;/h14-15H,10-13H2,1-9H3,(H,21,22);1H. The Morgan fingerprint density at radius 2 is 1.93 bits per heavy atom. The molecule has 0 aliphatic carbocycles. The van der Waals surface area contributed by atoms with E-state index >= 15 is 0 Å². The number of carbonyl (C=O) groups excluding carboxylic acids is 1. The summed E-state index contributed by atoms with van der Waals surface area (Å²) in [7, 11) is 5.68. The van der Waals surface area contributed by atoms with Crippen LogP contribution in [-0.4, -0.2) is 71.0 Å². The Hall–Kier alpha value is -1.52. The van der Waals surface area contributed by atoms with Gasteiger partial charge in [0.15, 0.2) is 5.96 Å². The Bertz CT molecular complexity index is 666. The summed E-state index contributed by atoms with van der Waals surface area (Å²) in [6.07, 6.45) is 1.73. The van der Waals surface area contributed by atoms with Crippen LogP contribution in [-0.2, 0) is 18.3 Å². The maximum atomic E-state index is 12.1. The number of aromatic nitrogens is 2. The molecule has 0 unspecified atom stereocenters. The van der Waals surface area contributed by atoms with E-state index in [1.165, 1.54) is 5.56 Å². The first-order valence-electron chi connectivity index (χ1n) is 9.90.